The van der Waals surface area contributed by atoms with E-state index in [1.807, 2.05) is 0 Å². The Bertz CT molecular complexity index is 423. The monoisotopic (exact) mass is 294 g/mol. The molecule has 0 aromatic heterocycles. The Morgan fingerprint density at radius 1 is 1.40 bits per heavy atom. The predicted octanol–water partition coefficient (Wildman–Crippen LogP) is 0.708. The summed E-state index contributed by atoms with van der Waals surface area (Å²) >= 11 is 0. The van der Waals surface area contributed by atoms with Crippen LogP contribution in [-0.4, -0.2) is 54.2 Å². The van der Waals surface area contributed by atoms with Gasteiger partial charge in [0.15, 0.2) is 5.41 Å². The highest BCUT2D eigenvalue weighted by atomic mass is 19.4. The number of likely N-dealkylation sites (tertiary alicyclic amines) is 1. The van der Waals surface area contributed by atoms with Crippen LogP contribution in [0.15, 0.2) is 0 Å². The summed E-state index contributed by atoms with van der Waals surface area (Å²) in [7, 11) is 0. The highest BCUT2D eigenvalue weighted by molar-refractivity contribution is 5.82. The number of nitrogens with one attached hydrogen (secondary N) is 1. The van der Waals surface area contributed by atoms with Crippen LogP contribution in [0.2, 0.25) is 0 Å². The number of alkyl halides is 3. The maximum absolute atomic E-state index is 13.0. The molecule has 5 nitrogen and oxygen atoms in total. The average Bonchev–Trinajstić information content (AvgIpc) is 2.70. The van der Waals surface area contributed by atoms with Crippen LogP contribution >= 0.6 is 0 Å². The molecule has 20 heavy (non-hydrogen) atoms. The summed E-state index contributed by atoms with van der Waals surface area (Å²) in [5.41, 5.74) is -2.82. The molecule has 2 aliphatic heterocycles. The van der Waals surface area contributed by atoms with Crippen molar-refractivity contribution in [3.8, 4) is 0 Å². The van der Waals surface area contributed by atoms with E-state index >= 15 is 0 Å². The zero-order valence-corrected chi connectivity index (χ0v) is 11.0. The zero-order chi connectivity index (χ0) is 15.1. The standard InChI is InChI=1S/C12H17F3N2O3/c1-7(8-4-16-5-8)9(18)17-3-2-11(6-17,10(19)20)12(13,14)15/h7-8,16H,2-6H2,1H3,(H,19,20). The van der Waals surface area contributed by atoms with Crippen LogP contribution in [0.3, 0.4) is 0 Å². The SMILES string of the molecule is CC(C(=O)N1CCC(C(=O)O)(C(F)(F)F)C1)C1CNC1. The molecule has 0 radical (unpaired) electrons. The van der Waals surface area contributed by atoms with Crippen molar-refractivity contribution in [2.45, 2.75) is 19.5 Å². The molecule has 0 spiro atoms. The van der Waals surface area contributed by atoms with Gasteiger partial charge in [0, 0.05) is 19.0 Å². The fourth-order valence-electron chi connectivity index (χ4n) is 2.68. The lowest BCUT2D eigenvalue weighted by Crippen LogP contribution is -2.52. The predicted molar refractivity (Wildman–Crippen MR) is 62.8 cm³/mol. The largest absolute Gasteiger partial charge is 0.481 e. The summed E-state index contributed by atoms with van der Waals surface area (Å²) in [6, 6.07) is 0. The van der Waals surface area contributed by atoms with Crippen LogP contribution in [0, 0.1) is 17.3 Å². The smallest absolute Gasteiger partial charge is 0.406 e. The van der Waals surface area contributed by atoms with Gasteiger partial charge in [0.05, 0.1) is 0 Å². The van der Waals surface area contributed by atoms with Crippen LogP contribution in [0.25, 0.3) is 0 Å². The van der Waals surface area contributed by atoms with E-state index in [1.165, 1.54) is 0 Å². The van der Waals surface area contributed by atoms with Gasteiger partial charge in [-0.3, -0.25) is 9.59 Å². The molecule has 2 rings (SSSR count). The number of aliphatic carboxylic acids is 1. The molecule has 8 heteroatoms. The fourth-order valence-corrected chi connectivity index (χ4v) is 2.68. The van der Waals surface area contributed by atoms with E-state index in [9.17, 15) is 22.8 Å². The van der Waals surface area contributed by atoms with Crippen LogP contribution < -0.4 is 5.32 Å². The zero-order valence-electron chi connectivity index (χ0n) is 11.0. The molecule has 114 valence electrons. The van der Waals surface area contributed by atoms with Crippen molar-refractivity contribution in [1.29, 1.82) is 0 Å². The van der Waals surface area contributed by atoms with E-state index in [4.69, 9.17) is 5.11 Å². The first-order chi connectivity index (χ1) is 9.19. The van der Waals surface area contributed by atoms with Gasteiger partial charge >= 0.3 is 12.1 Å². The molecule has 0 bridgehead atoms. The van der Waals surface area contributed by atoms with Crippen molar-refractivity contribution in [1.82, 2.24) is 10.2 Å². The Morgan fingerprint density at radius 3 is 2.35 bits per heavy atom. The van der Waals surface area contributed by atoms with Gasteiger partial charge in [-0.2, -0.15) is 13.2 Å². The minimum atomic E-state index is -4.85. The van der Waals surface area contributed by atoms with Crippen molar-refractivity contribution in [3.63, 3.8) is 0 Å². The molecular formula is C12H17F3N2O3. The highest BCUT2D eigenvalue weighted by Crippen LogP contribution is 2.46. The number of hydrogen-bond donors (Lipinski definition) is 2. The Balaban J connectivity index is 2.10. The van der Waals surface area contributed by atoms with Crippen molar-refractivity contribution >= 4 is 11.9 Å². The van der Waals surface area contributed by atoms with Crippen molar-refractivity contribution in [3.05, 3.63) is 0 Å². The van der Waals surface area contributed by atoms with E-state index < -0.39 is 30.5 Å². The summed E-state index contributed by atoms with van der Waals surface area (Å²) in [6.07, 6.45) is -5.43. The van der Waals surface area contributed by atoms with E-state index in [2.05, 4.69) is 5.32 Å². The van der Waals surface area contributed by atoms with Gasteiger partial charge in [0.2, 0.25) is 5.91 Å². The second kappa shape index (κ2) is 4.91. The molecule has 0 aromatic carbocycles. The number of halogens is 3. The summed E-state index contributed by atoms with van der Waals surface area (Å²) in [5, 5.41) is 11.9. The maximum Gasteiger partial charge on any atom is 0.406 e. The first-order valence-electron chi connectivity index (χ1n) is 6.48. The lowest BCUT2D eigenvalue weighted by Gasteiger charge is -2.34. The van der Waals surface area contributed by atoms with Gasteiger partial charge in [-0.25, -0.2) is 0 Å². The maximum atomic E-state index is 13.0. The molecule has 2 unspecified atom stereocenters. The van der Waals surface area contributed by atoms with E-state index in [0.717, 1.165) is 4.90 Å². The van der Waals surface area contributed by atoms with Crippen LogP contribution in [-0.2, 0) is 9.59 Å². The Hall–Kier alpha value is -1.31. The third-order valence-electron chi connectivity index (χ3n) is 4.44. The molecule has 0 aliphatic carbocycles. The molecule has 2 fully saturated rings. The van der Waals surface area contributed by atoms with Gasteiger partial charge in [0.1, 0.15) is 0 Å². The molecule has 0 saturated carbocycles. The Kier molecular flexibility index (Phi) is 3.70. The molecule has 2 aliphatic rings. The lowest BCUT2D eigenvalue weighted by atomic mass is 9.86. The van der Waals surface area contributed by atoms with Gasteiger partial charge < -0.3 is 15.3 Å². The van der Waals surface area contributed by atoms with Gasteiger partial charge in [-0.15, -0.1) is 0 Å². The quantitative estimate of drug-likeness (QED) is 0.804. The van der Waals surface area contributed by atoms with E-state index in [1.54, 1.807) is 6.92 Å². The number of amides is 1. The van der Waals surface area contributed by atoms with E-state index in [0.29, 0.717) is 13.1 Å². The number of carbonyl (C=O) groups is 2. The number of carbonyl (C=O) groups excluding carboxylic acids is 1. The van der Waals surface area contributed by atoms with Gasteiger partial charge in [0.25, 0.3) is 0 Å². The molecular weight excluding hydrogens is 277 g/mol. The Labute approximate surface area is 114 Å². The number of rotatable bonds is 3. The first-order valence-corrected chi connectivity index (χ1v) is 6.48. The molecule has 2 heterocycles. The van der Waals surface area contributed by atoms with Crippen LogP contribution in [0.1, 0.15) is 13.3 Å². The van der Waals surface area contributed by atoms with Crippen LogP contribution in [0.4, 0.5) is 13.2 Å². The molecule has 1 amide bonds. The number of hydrogen-bond acceptors (Lipinski definition) is 3. The summed E-state index contributed by atoms with van der Waals surface area (Å²) in [6.45, 7) is 2.08. The van der Waals surface area contributed by atoms with Crippen LogP contribution in [0.5, 0.6) is 0 Å². The number of carboxylic acids is 1. The third kappa shape index (κ3) is 2.25. The van der Waals surface area contributed by atoms with Crippen molar-refractivity contribution in [2.75, 3.05) is 26.2 Å². The minimum absolute atomic E-state index is 0.119. The van der Waals surface area contributed by atoms with Crippen molar-refractivity contribution < 1.29 is 27.9 Å². The highest BCUT2D eigenvalue weighted by Gasteiger charge is 2.64. The summed E-state index contributed by atoms with van der Waals surface area (Å²) in [4.78, 5) is 24.2. The lowest BCUT2D eigenvalue weighted by molar-refractivity contribution is -0.227. The molecule has 2 atom stereocenters. The van der Waals surface area contributed by atoms with Gasteiger partial charge in [-0.1, -0.05) is 6.92 Å². The minimum Gasteiger partial charge on any atom is -0.481 e. The third-order valence-corrected chi connectivity index (χ3v) is 4.44. The Morgan fingerprint density at radius 2 is 2.00 bits per heavy atom. The molecule has 0 aromatic rings. The fraction of sp³-hybridized carbons (Fsp3) is 0.833. The summed E-state index contributed by atoms with van der Waals surface area (Å²) < 4.78 is 39.0. The number of nitrogens with zero attached hydrogens (tertiary/aromatic N) is 1. The normalized spacial score (nSPS) is 29.1. The average molecular weight is 294 g/mol. The first kappa shape index (κ1) is 15.1. The van der Waals surface area contributed by atoms with E-state index in [-0.39, 0.29) is 24.3 Å². The summed E-state index contributed by atoms with van der Waals surface area (Å²) in [5.74, 6) is -2.55. The van der Waals surface area contributed by atoms with Crippen molar-refractivity contribution in [2.24, 2.45) is 17.3 Å². The molecule has 2 N–H and O–H groups in total. The second-order valence-corrected chi connectivity index (χ2v) is 5.60. The molecule has 2 saturated heterocycles. The topological polar surface area (TPSA) is 69.6 Å². The number of carboxylic acid groups (broad SMARTS) is 1. The second-order valence-electron chi connectivity index (χ2n) is 5.60. The van der Waals surface area contributed by atoms with Gasteiger partial charge in [-0.05, 0) is 25.4 Å².